The number of carbonyl (C=O) groups is 3. The van der Waals surface area contributed by atoms with E-state index < -0.39 is 35.3 Å². The number of carboxylic acid groups (broad SMARTS) is 1. The van der Waals surface area contributed by atoms with Gasteiger partial charge in [-0.25, -0.2) is 0 Å². The fraction of sp³-hybridized carbons (Fsp3) is 0.357. The first-order valence-corrected chi connectivity index (χ1v) is 7.15. The number of carboxylic acids is 1. The Bertz CT molecular complexity index is 660. The fourth-order valence-electron chi connectivity index (χ4n) is 2.33. The molecule has 0 spiro atoms. The molecule has 0 saturated carbocycles. The Balaban J connectivity index is 1.86. The van der Waals surface area contributed by atoms with E-state index in [0.29, 0.717) is 13.0 Å². The summed E-state index contributed by atoms with van der Waals surface area (Å²) in [5.74, 6) is -1.97. The number of carbonyl (C=O) groups excluding carboxylic acids is 2. The van der Waals surface area contributed by atoms with Crippen LogP contribution in [-0.4, -0.2) is 53.0 Å². The zero-order chi connectivity index (χ0) is 17.7. The predicted molar refractivity (Wildman–Crippen MR) is 81.4 cm³/mol. The molecule has 1 saturated heterocycles. The zero-order valence-electron chi connectivity index (χ0n) is 12.5. The number of non-ortho nitro benzene ring substituents is 1. The SMILES string of the molecule is O=C(O)CNC(=O)[C@@H]1C[C@@H](NC(=O)c2ccc([N+](=O)[O-])cc2)CN1. The molecule has 10 nitrogen and oxygen atoms in total. The number of nitrogens with zero attached hydrogens (tertiary/aromatic N) is 1. The van der Waals surface area contributed by atoms with Crippen LogP contribution < -0.4 is 16.0 Å². The Hall–Kier alpha value is -3.01. The minimum absolute atomic E-state index is 0.107. The Morgan fingerprint density at radius 2 is 1.96 bits per heavy atom. The molecule has 0 unspecified atom stereocenters. The van der Waals surface area contributed by atoms with Gasteiger partial charge in [0.2, 0.25) is 5.91 Å². The van der Waals surface area contributed by atoms with Crippen LogP contribution in [0.3, 0.4) is 0 Å². The van der Waals surface area contributed by atoms with Gasteiger partial charge in [-0.15, -0.1) is 0 Å². The molecule has 1 fully saturated rings. The van der Waals surface area contributed by atoms with Gasteiger partial charge in [0.15, 0.2) is 0 Å². The highest BCUT2D eigenvalue weighted by molar-refractivity contribution is 5.94. The first-order valence-electron chi connectivity index (χ1n) is 7.15. The van der Waals surface area contributed by atoms with Gasteiger partial charge in [-0.2, -0.15) is 0 Å². The van der Waals surface area contributed by atoms with Crippen LogP contribution in [-0.2, 0) is 9.59 Å². The largest absolute Gasteiger partial charge is 0.480 e. The van der Waals surface area contributed by atoms with E-state index in [1.807, 2.05) is 0 Å². The molecule has 0 bridgehead atoms. The van der Waals surface area contributed by atoms with Crippen molar-refractivity contribution < 1.29 is 24.4 Å². The molecule has 2 atom stereocenters. The van der Waals surface area contributed by atoms with E-state index >= 15 is 0 Å². The standard InChI is InChI=1S/C14H16N4O6/c19-12(20)7-16-14(22)11-5-9(6-15-11)17-13(21)8-1-3-10(4-2-8)18(23)24/h1-4,9,11,15H,5-7H2,(H,16,22)(H,17,21)(H,19,20)/t9-,11+/m1/s1. The highest BCUT2D eigenvalue weighted by atomic mass is 16.6. The summed E-state index contributed by atoms with van der Waals surface area (Å²) < 4.78 is 0. The van der Waals surface area contributed by atoms with Crippen LogP contribution in [0.25, 0.3) is 0 Å². The normalized spacial score (nSPS) is 19.5. The molecular weight excluding hydrogens is 320 g/mol. The lowest BCUT2D eigenvalue weighted by atomic mass is 10.1. The van der Waals surface area contributed by atoms with Crippen molar-refractivity contribution in [3.8, 4) is 0 Å². The van der Waals surface area contributed by atoms with Crippen LogP contribution >= 0.6 is 0 Å². The van der Waals surface area contributed by atoms with E-state index in [0.717, 1.165) is 0 Å². The molecule has 0 aromatic heterocycles. The number of nitrogens with one attached hydrogen (secondary N) is 3. The molecule has 1 aliphatic rings. The first-order chi connectivity index (χ1) is 11.4. The second-order valence-electron chi connectivity index (χ2n) is 5.28. The molecule has 0 radical (unpaired) electrons. The van der Waals surface area contributed by atoms with Gasteiger partial charge in [0, 0.05) is 30.3 Å². The second kappa shape index (κ2) is 7.51. The lowest BCUT2D eigenvalue weighted by molar-refractivity contribution is -0.384. The number of nitro benzene ring substituents is 1. The number of benzene rings is 1. The zero-order valence-corrected chi connectivity index (χ0v) is 12.5. The van der Waals surface area contributed by atoms with Crippen molar-refractivity contribution in [3.63, 3.8) is 0 Å². The Morgan fingerprint density at radius 3 is 2.54 bits per heavy atom. The van der Waals surface area contributed by atoms with Crippen molar-refractivity contribution in [2.45, 2.75) is 18.5 Å². The highest BCUT2D eigenvalue weighted by Gasteiger charge is 2.30. The van der Waals surface area contributed by atoms with Crippen LogP contribution in [0.5, 0.6) is 0 Å². The van der Waals surface area contributed by atoms with Crippen molar-refractivity contribution >= 4 is 23.5 Å². The van der Waals surface area contributed by atoms with E-state index in [1.54, 1.807) is 0 Å². The minimum atomic E-state index is -1.13. The van der Waals surface area contributed by atoms with E-state index in [2.05, 4.69) is 16.0 Å². The number of hydrogen-bond acceptors (Lipinski definition) is 6. The van der Waals surface area contributed by atoms with Gasteiger partial charge in [-0.1, -0.05) is 0 Å². The molecule has 24 heavy (non-hydrogen) atoms. The van der Waals surface area contributed by atoms with Crippen molar-refractivity contribution in [2.24, 2.45) is 0 Å². The highest BCUT2D eigenvalue weighted by Crippen LogP contribution is 2.13. The molecule has 0 aliphatic carbocycles. The Kier molecular flexibility index (Phi) is 5.42. The number of rotatable bonds is 6. The van der Waals surface area contributed by atoms with Crippen LogP contribution in [0.15, 0.2) is 24.3 Å². The summed E-state index contributed by atoms with van der Waals surface area (Å²) in [5, 5.41) is 27.0. The number of amides is 2. The fourth-order valence-corrected chi connectivity index (χ4v) is 2.33. The van der Waals surface area contributed by atoms with Gasteiger partial charge in [0.25, 0.3) is 11.6 Å². The van der Waals surface area contributed by atoms with E-state index in [4.69, 9.17) is 5.11 Å². The maximum atomic E-state index is 12.1. The molecular formula is C14H16N4O6. The number of hydrogen-bond donors (Lipinski definition) is 4. The molecule has 2 rings (SSSR count). The van der Waals surface area contributed by atoms with Crippen LogP contribution in [0.1, 0.15) is 16.8 Å². The third-order valence-corrected chi connectivity index (χ3v) is 3.54. The topological polar surface area (TPSA) is 151 Å². The smallest absolute Gasteiger partial charge is 0.322 e. The summed E-state index contributed by atoms with van der Waals surface area (Å²) >= 11 is 0. The third-order valence-electron chi connectivity index (χ3n) is 3.54. The number of nitro groups is 1. The van der Waals surface area contributed by atoms with Gasteiger partial charge >= 0.3 is 5.97 Å². The van der Waals surface area contributed by atoms with E-state index in [9.17, 15) is 24.5 Å². The van der Waals surface area contributed by atoms with Gasteiger partial charge in [0.05, 0.1) is 11.0 Å². The average Bonchev–Trinajstić information content (AvgIpc) is 3.01. The first kappa shape index (κ1) is 17.3. The van der Waals surface area contributed by atoms with Crippen molar-refractivity contribution in [3.05, 3.63) is 39.9 Å². The van der Waals surface area contributed by atoms with Crippen molar-refractivity contribution in [1.82, 2.24) is 16.0 Å². The lowest BCUT2D eigenvalue weighted by Gasteiger charge is -2.12. The second-order valence-corrected chi connectivity index (χ2v) is 5.28. The third kappa shape index (κ3) is 4.49. The van der Waals surface area contributed by atoms with Gasteiger partial charge < -0.3 is 21.1 Å². The Morgan fingerprint density at radius 1 is 1.29 bits per heavy atom. The molecule has 2 amide bonds. The maximum absolute atomic E-state index is 12.1. The van der Waals surface area contributed by atoms with Gasteiger partial charge in [0.1, 0.15) is 6.54 Å². The summed E-state index contributed by atoms with van der Waals surface area (Å²) in [5.41, 5.74) is 0.170. The molecule has 1 heterocycles. The van der Waals surface area contributed by atoms with E-state index in [-0.39, 0.29) is 17.3 Å². The van der Waals surface area contributed by atoms with E-state index in [1.165, 1.54) is 24.3 Å². The lowest BCUT2D eigenvalue weighted by Crippen LogP contribution is -2.42. The summed E-state index contributed by atoms with van der Waals surface area (Å²) in [6.07, 6.45) is 0.324. The van der Waals surface area contributed by atoms with Crippen LogP contribution in [0, 0.1) is 10.1 Å². The minimum Gasteiger partial charge on any atom is -0.480 e. The molecule has 1 aromatic rings. The van der Waals surface area contributed by atoms with Gasteiger partial charge in [-0.05, 0) is 18.6 Å². The monoisotopic (exact) mass is 336 g/mol. The molecule has 10 heteroatoms. The Labute approximate surface area is 136 Å². The van der Waals surface area contributed by atoms with Crippen LogP contribution in [0.2, 0.25) is 0 Å². The predicted octanol–water partition coefficient (Wildman–Crippen LogP) is -0.744. The quantitative estimate of drug-likeness (QED) is 0.394. The summed E-state index contributed by atoms with van der Waals surface area (Å²) in [6.45, 7) is -0.0965. The summed E-state index contributed by atoms with van der Waals surface area (Å²) in [6, 6.07) is 4.31. The summed E-state index contributed by atoms with van der Waals surface area (Å²) in [7, 11) is 0. The number of aliphatic carboxylic acids is 1. The van der Waals surface area contributed by atoms with Crippen molar-refractivity contribution in [2.75, 3.05) is 13.1 Å². The van der Waals surface area contributed by atoms with Crippen molar-refractivity contribution in [1.29, 1.82) is 0 Å². The van der Waals surface area contributed by atoms with Crippen LogP contribution in [0.4, 0.5) is 5.69 Å². The average molecular weight is 336 g/mol. The van der Waals surface area contributed by atoms with Gasteiger partial charge in [-0.3, -0.25) is 24.5 Å². The molecule has 1 aromatic carbocycles. The molecule has 1 aliphatic heterocycles. The molecule has 4 N–H and O–H groups in total. The maximum Gasteiger partial charge on any atom is 0.322 e. The molecule has 128 valence electrons. The summed E-state index contributed by atoms with van der Waals surface area (Å²) in [4.78, 5) is 44.3.